The zero-order valence-corrected chi connectivity index (χ0v) is 14.5. The highest BCUT2D eigenvalue weighted by Crippen LogP contribution is 2.42. The molecule has 0 radical (unpaired) electrons. The van der Waals surface area contributed by atoms with Gasteiger partial charge in [-0.3, -0.25) is 9.59 Å². The summed E-state index contributed by atoms with van der Waals surface area (Å²) in [6, 6.07) is 0.328. The maximum atomic E-state index is 12.4. The van der Waals surface area contributed by atoms with Crippen LogP contribution >= 0.6 is 0 Å². The summed E-state index contributed by atoms with van der Waals surface area (Å²) in [4.78, 5) is 26.8. The summed E-state index contributed by atoms with van der Waals surface area (Å²) in [5.41, 5.74) is 0.185. The second-order valence-electron chi connectivity index (χ2n) is 8.37. The van der Waals surface area contributed by atoms with Crippen LogP contribution in [0.25, 0.3) is 0 Å². The van der Waals surface area contributed by atoms with Gasteiger partial charge in [-0.1, -0.05) is 0 Å². The first-order valence-corrected chi connectivity index (χ1v) is 9.65. The molecule has 3 fully saturated rings. The molecule has 2 aliphatic heterocycles. The molecule has 0 unspecified atom stereocenters. The summed E-state index contributed by atoms with van der Waals surface area (Å²) in [5.74, 6) is 1.99. The van der Waals surface area contributed by atoms with Gasteiger partial charge in [0, 0.05) is 38.0 Å². The van der Waals surface area contributed by atoms with Crippen LogP contribution in [0, 0.1) is 11.3 Å². The first kappa shape index (κ1) is 15.3. The number of hydrogen-bond acceptors (Lipinski definition) is 4. The number of amides is 2. The highest BCUT2D eigenvalue weighted by atomic mass is 16.2. The van der Waals surface area contributed by atoms with E-state index in [4.69, 9.17) is 0 Å². The van der Waals surface area contributed by atoms with Gasteiger partial charge in [0.05, 0.1) is 0 Å². The number of likely N-dealkylation sites (tertiary alicyclic amines) is 1. The summed E-state index contributed by atoms with van der Waals surface area (Å²) in [6.45, 7) is 2.53. The molecule has 2 amide bonds. The summed E-state index contributed by atoms with van der Waals surface area (Å²) >= 11 is 0. The van der Waals surface area contributed by atoms with Gasteiger partial charge in [-0.25, -0.2) is 0 Å². The Kier molecular flexibility index (Phi) is 3.40. The van der Waals surface area contributed by atoms with Gasteiger partial charge in [0.15, 0.2) is 0 Å². The monoisotopic (exact) mass is 343 g/mol. The molecule has 2 saturated carbocycles. The van der Waals surface area contributed by atoms with Crippen LogP contribution in [0.3, 0.4) is 0 Å². The Labute approximate surface area is 147 Å². The van der Waals surface area contributed by atoms with Gasteiger partial charge in [0.1, 0.15) is 5.82 Å². The topological polar surface area (TPSA) is 80.1 Å². The molecule has 0 atom stereocenters. The van der Waals surface area contributed by atoms with Crippen LogP contribution in [0.15, 0.2) is 0 Å². The number of rotatable bonds is 3. The van der Waals surface area contributed by atoms with E-state index in [1.165, 1.54) is 0 Å². The minimum atomic E-state index is -0.0837. The van der Waals surface area contributed by atoms with Gasteiger partial charge in [-0.05, 0) is 50.4 Å². The largest absolute Gasteiger partial charge is 0.347 e. The molecular weight excluding hydrogens is 318 g/mol. The van der Waals surface area contributed by atoms with Crippen LogP contribution < -0.4 is 5.32 Å². The van der Waals surface area contributed by atoms with E-state index in [1.807, 2.05) is 4.57 Å². The summed E-state index contributed by atoms with van der Waals surface area (Å²) in [7, 11) is 0. The standard InChI is InChI=1S/C18H25N5O2/c24-16(19-13-3-4-13)15-21-20-14-5-6-18(11-23(14)15)7-9-22(10-8-18)17(25)12-1-2-12/h12-13H,1-11H2,(H,19,24). The Balaban J connectivity index is 1.29. The van der Waals surface area contributed by atoms with E-state index in [2.05, 4.69) is 20.4 Å². The zero-order valence-electron chi connectivity index (χ0n) is 14.5. The van der Waals surface area contributed by atoms with Crippen molar-refractivity contribution < 1.29 is 9.59 Å². The van der Waals surface area contributed by atoms with Crippen LogP contribution in [-0.4, -0.2) is 50.6 Å². The second-order valence-corrected chi connectivity index (χ2v) is 8.37. The first-order valence-electron chi connectivity index (χ1n) is 9.65. The lowest BCUT2D eigenvalue weighted by molar-refractivity contribution is -0.135. The number of carbonyl (C=O) groups is 2. The van der Waals surface area contributed by atoms with E-state index in [0.717, 1.165) is 76.8 Å². The molecule has 1 spiro atoms. The van der Waals surface area contributed by atoms with Crippen molar-refractivity contribution in [1.82, 2.24) is 25.0 Å². The molecule has 7 nitrogen and oxygen atoms in total. The molecule has 5 rings (SSSR count). The summed E-state index contributed by atoms with van der Waals surface area (Å²) in [6.07, 6.45) is 8.29. The van der Waals surface area contributed by atoms with Crippen molar-refractivity contribution in [2.45, 2.75) is 64.0 Å². The molecule has 25 heavy (non-hydrogen) atoms. The van der Waals surface area contributed by atoms with Crippen molar-refractivity contribution in [3.05, 3.63) is 11.6 Å². The van der Waals surface area contributed by atoms with E-state index >= 15 is 0 Å². The third-order valence-corrected chi connectivity index (χ3v) is 6.38. The van der Waals surface area contributed by atoms with Crippen LogP contribution in [0.5, 0.6) is 0 Å². The minimum absolute atomic E-state index is 0.0837. The van der Waals surface area contributed by atoms with Crippen LogP contribution in [-0.2, 0) is 17.8 Å². The molecule has 3 heterocycles. The lowest BCUT2D eigenvalue weighted by Gasteiger charge is -2.44. The van der Waals surface area contributed by atoms with Crippen molar-refractivity contribution in [2.75, 3.05) is 13.1 Å². The average Bonchev–Trinajstić information content (AvgIpc) is 3.54. The Hall–Kier alpha value is -1.92. The molecule has 1 aromatic heterocycles. The smallest absolute Gasteiger partial charge is 0.289 e. The number of aromatic nitrogens is 3. The van der Waals surface area contributed by atoms with Crippen LogP contribution in [0.1, 0.15) is 61.4 Å². The number of nitrogens with zero attached hydrogens (tertiary/aromatic N) is 4. The number of carbonyl (C=O) groups excluding carboxylic acids is 2. The molecule has 0 bridgehead atoms. The number of nitrogens with one attached hydrogen (secondary N) is 1. The highest BCUT2D eigenvalue weighted by Gasteiger charge is 2.42. The van der Waals surface area contributed by atoms with Gasteiger partial charge >= 0.3 is 0 Å². The number of hydrogen-bond donors (Lipinski definition) is 1. The minimum Gasteiger partial charge on any atom is -0.347 e. The molecule has 1 N–H and O–H groups in total. The maximum absolute atomic E-state index is 12.4. The fourth-order valence-corrected chi connectivity index (χ4v) is 4.32. The lowest BCUT2D eigenvalue weighted by atomic mass is 9.73. The van der Waals surface area contributed by atoms with E-state index in [1.54, 1.807) is 0 Å². The van der Waals surface area contributed by atoms with E-state index < -0.39 is 0 Å². The highest BCUT2D eigenvalue weighted by molar-refractivity contribution is 5.91. The molecule has 1 aromatic rings. The van der Waals surface area contributed by atoms with E-state index in [9.17, 15) is 9.59 Å². The van der Waals surface area contributed by atoms with Gasteiger partial charge in [-0.15, -0.1) is 10.2 Å². The van der Waals surface area contributed by atoms with Gasteiger partial charge < -0.3 is 14.8 Å². The molecule has 134 valence electrons. The van der Waals surface area contributed by atoms with Crippen molar-refractivity contribution >= 4 is 11.8 Å². The summed E-state index contributed by atoms with van der Waals surface area (Å²) < 4.78 is 2.04. The van der Waals surface area contributed by atoms with Gasteiger partial charge in [0.25, 0.3) is 5.91 Å². The lowest BCUT2D eigenvalue weighted by Crippen LogP contribution is -2.47. The van der Waals surface area contributed by atoms with E-state index in [0.29, 0.717) is 23.7 Å². The SMILES string of the molecule is O=C(NC1CC1)c1nnc2n1CC1(CC2)CCN(C(=O)C2CC2)CC1. The quantitative estimate of drug-likeness (QED) is 0.892. The summed E-state index contributed by atoms with van der Waals surface area (Å²) in [5, 5.41) is 11.4. The first-order chi connectivity index (χ1) is 12.1. The molecule has 0 aromatic carbocycles. The Morgan fingerprint density at radius 1 is 1.04 bits per heavy atom. The Morgan fingerprint density at radius 2 is 1.80 bits per heavy atom. The van der Waals surface area contributed by atoms with Crippen LogP contribution in [0.4, 0.5) is 0 Å². The van der Waals surface area contributed by atoms with Crippen molar-refractivity contribution in [3.8, 4) is 0 Å². The van der Waals surface area contributed by atoms with Crippen LogP contribution in [0.2, 0.25) is 0 Å². The number of aryl methyl sites for hydroxylation is 1. The van der Waals surface area contributed by atoms with Crippen molar-refractivity contribution in [1.29, 1.82) is 0 Å². The number of fused-ring (bicyclic) bond motifs is 1. The average molecular weight is 343 g/mol. The van der Waals surface area contributed by atoms with Crippen molar-refractivity contribution in [2.24, 2.45) is 11.3 Å². The predicted octanol–water partition coefficient (Wildman–Crippen LogP) is 1.14. The normalized spacial score (nSPS) is 24.9. The van der Waals surface area contributed by atoms with Gasteiger partial charge in [-0.2, -0.15) is 0 Å². The maximum Gasteiger partial charge on any atom is 0.289 e. The molecular formula is C18H25N5O2. The number of piperidine rings is 1. The van der Waals surface area contributed by atoms with Crippen molar-refractivity contribution in [3.63, 3.8) is 0 Å². The Morgan fingerprint density at radius 3 is 2.48 bits per heavy atom. The van der Waals surface area contributed by atoms with E-state index in [-0.39, 0.29) is 11.3 Å². The molecule has 7 heteroatoms. The predicted molar refractivity (Wildman–Crippen MR) is 89.8 cm³/mol. The third kappa shape index (κ3) is 2.83. The molecule has 1 saturated heterocycles. The second kappa shape index (κ2) is 5.54. The third-order valence-electron chi connectivity index (χ3n) is 6.38. The molecule has 2 aliphatic carbocycles. The Bertz CT molecular complexity index is 711. The molecule has 4 aliphatic rings. The zero-order chi connectivity index (χ0) is 17.0. The fraction of sp³-hybridized carbons (Fsp3) is 0.778. The fourth-order valence-electron chi connectivity index (χ4n) is 4.32. The van der Waals surface area contributed by atoms with Gasteiger partial charge in [0.2, 0.25) is 11.7 Å².